The molecule has 1 fully saturated rings. The van der Waals surface area contributed by atoms with Crippen LogP contribution in [0, 0.1) is 6.92 Å². The van der Waals surface area contributed by atoms with Crippen LogP contribution in [0.2, 0.25) is 0 Å². The lowest BCUT2D eigenvalue weighted by molar-refractivity contribution is -0.0440. The SMILES string of the molecule is Cc1cc(NC(=O)c2ccc(S(=O)(=O)N3CC(C)OC(C)C3)cc2)ccc1C(N)=O. The van der Waals surface area contributed by atoms with Crippen molar-refractivity contribution in [2.75, 3.05) is 18.4 Å². The van der Waals surface area contributed by atoms with Crippen LogP contribution in [0.25, 0.3) is 0 Å². The molecule has 0 aromatic heterocycles. The fraction of sp³-hybridized carbons (Fsp3) is 0.333. The first kappa shape index (κ1) is 21.9. The first-order chi connectivity index (χ1) is 14.1. The molecule has 2 aromatic rings. The van der Waals surface area contributed by atoms with E-state index in [0.717, 1.165) is 0 Å². The van der Waals surface area contributed by atoms with E-state index in [1.807, 2.05) is 13.8 Å². The Labute approximate surface area is 176 Å². The molecule has 1 aliphatic rings. The lowest BCUT2D eigenvalue weighted by Crippen LogP contribution is -2.48. The average molecular weight is 432 g/mol. The Balaban J connectivity index is 1.74. The number of benzene rings is 2. The number of primary amides is 1. The monoisotopic (exact) mass is 431 g/mol. The highest BCUT2D eigenvalue weighted by Crippen LogP contribution is 2.22. The number of sulfonamides is 1. The summed E-state index contributed by atoms with van der Waals surface area (Å²) in [5.41, 5.74) is 7.15. The second-order valence-corrected chi connectivity index (χ2v) is 9.39. The van der Waals surface area contributed by atoms with Crippen molar-refractivity contribution in [2.45, 2.75) is 37.9 Å². The van der Waals surface area contributed by atoms with E-state index in [1.165, 1.54) is 28.6 Å². The maximum atomic E-state index is 12.9. The van der Waals surface area contributed by atoms with E-state index in [9.17, 15) is 18.0 Å². The number of carbonyl (C=O) groups excluding carboxylic acids is 2. The Hall–Kier alpha value is -2.75. The molecule has 1 saturated heterocycles. The van der Waals surface area contributed by atoms with E-state index in [4.69, 9.17) is 10.5 Å². The van der Waals surface area contributed by atoms with Crippen molar-refractivity contribution in [3.63, 3.8) is 0 Å². The van der Waals surface area contributed by atoms with Crippen LogP contribution in [0.1, 0.15) is 40.1 Å². The van der Waals surface area contributed by atoms with Crippen LogP contribution in [0.5, 0.6) is 0 Å². The van der Waals surface area contributed by atoms with Crippen molar-refractivity contribution >= 4 is 27.5 Å². The van der Waals surface area contributed by atoms with Crippen LogP contribution in [-0.2, 0) is 14.8 Å². The number of anilines is 1. The second kappa shape index (κ2) is 8.55. The van der Waals surface area contributed by atoms with Gasteiger partial charge in [0.25, 0.3) is 5.91 Å². The number of rotatable bonds is 5. The Morgan fingerprint density at radius 3 is 2.20 bits per heavy atom. The topological polar surface area (TPSA) is 119 Å². The predicted octanol–water partition coefficient (Wildman–Crippen LogP) is 2.14. The highest BCUT2D eigenvalue weighted by molar-refractivity contribution is 7.89. The van der Waals surface area contributed by atoms with Crippen molar-refractivity contribution in [1.29, 1.82) is 0 Å². The summed E-state index contributed by atoms with van der Waals surface area (Å²) in [4.78, 5) is 24.0. The van der Waals surface area contributed by atoms with E-state index >= 15 is 0 Å². The fourth-order valence-electron chi connectivity index (χ4n) is 3.48. The Kier molecular flexibility index (Phi) is 6.25. The van der Waals surface area contributed by atoms with E-state index in [0.29, 0.717) is 22.4 Å². The molecule has 2 atom stereocenters. The minimum atomic E-state index is -3.67. The van der Waals surface area contributed by atoms with Crippen molar-refractivity contribution in [3.05, 3.63) is 59.2 Å². The van der Waals surface area contributed by atoms with Gasteiger partial charge in [-0.05, 0) is 68.8 Å². The summed E-state index contributed by atoms with van der Waals surface area (Å²) in [6.07, 6.45) is -0.365. The van der Waals surface area contributed by atoms with Crippen LogP contribution in [0.3, 0.4) is 0 Å². The summed E-state index contributed by atoms with van der Waals surface area (Å²) in [6.45, 7) is 5.97. The molecule has 0 bridgehead atoms. The molecule has 1 heterocycles. The molecule has 3 rings (SSSR count). The van der Waals surface area contributed by atoms with Crippen molar-refractivity contribution < 1.29 is 22.7 Å². The molecule has 160 valence electrons. The molecular weight excluding hydrogens is 406 g/mol. The van der Waals surface area contributed by atoms with Gasteiger partial charge in [0.2, 0.25) is 15.9 Å². The molecule has 0 aliphatic carbocycles. The Bertz CT molecular complexity index is 1060. The summed E-state index contributed by atoms with van der Waals surface area (Å²) >= 11 is 0. The van der Waals surface area contributed by atoms with Crippen LogP contribution >= 0.6 is 0 Å². The minimum absolute atomic E-state index is 0.127. The van der Waals surface area contributed by atoms with E-state index in [-0.39, 0.29) is 30.2 Å². The van der Waals surface area contributed by atoms with Crippen LogP contribution in [0.4, 0.5) is 5.69 Å². The first-order valence-electron chi connectivity index (χ1n) is 9.55. The normalized spacial score (nSPS) is 20.0. The second-order valence-electron chi connectivity index (χ2n) is 7.45. The molecule has 2 amide bonds. The molecule has 30 heavy (non-hydrogen) atoms. The summed E-state index contributed by atoms with van der Waals surface area (Å²) in [6, 6.07) is 10.6. The number of hydrogen-bond acceptors (Lipinski definition) is 5. The molecule has 9 heteroatoms. The quantitative estimate of drug-likeness (QED) is 0.752. The molecular formula is C21H25N3O5S. The van der Waals surface area contributed by atoms with Gasteiger partial charge in [-0.25, -0.2) is 8.42 Å². The summed E-state index contributed by atoms with van der Waals surface area (Å²) in [5, 5.41) is 2.73. The molecule has 0 radical (unpaired) electrons. The van der Waals surface area contributed by atoms with Gasteiger partial charge in [0.1, 0.15) is 0 Å². The maximum Gasteiger partial charge on any atom is 0.255 e. The molecule has 0 saturated carbocycles. The van der Waals surface area contributed by atoms with Gasteiger partial charge < -0.3 is 15.8 Å². The number of ether oxygens (including phenoxy) is 1. The molecule has 8 nitrogen and oxygen atoms in total. The third-order valence-corrected chi connectivity index (χ3v) is 6.74. The zero-order chi connectivity index (χ0) is 22.1. The minimum Gasteiger partial charge on any atom is -0.373 e. The van der Waals surface area contributed by atoms with Crippen molar-refractivity contribution in [2.24, 2.45) is 5.73 Å². The summed E-state index contributed by atoms with van der Waals surface area (Å²) in [5.74, 6) is -0.926. The standard InChI is InChI=1S/C21H25N3O5S/c1-13-10-17(6-9-19(13)20(22)25)23-21(26)16-4-7-18(8-5-16)30(27,28)24-11-14(2)29-15(3)12-24/h4-10,14-15H,11-12H2,1-3H3,(H2,22,25)(H,23,26). The van der Waals surface area contributed by atoms with E-state index in [1.54, 1.807) is 25.1 Å². The predicted molar refractivity (Wildman–Crippen MR) is 113 cm³/mol. The largest absolute Gasteiger partial charge is 0.373 e. The Morgan fingerprint density at radius 2 is 1.67 bits per heavy atom. The number of nitrogens with one attached hydrogen (secondary N) is 1. The van der Waals surface area contributed by atoms with Crippen molar-refractivity contribution in [3.8, 4) is 0 Å². The summed E-state index contributed by atoms with van der Waals surface area (Å²) in [7, 11) is -3.67. The highest BCUT2D eigenvalue weighted by atomic mass is 32.2. The van der Waals surface area contributed by atoms with Crippen LogP contribution < -0.4 is 11.1 Å². The number of morpholine rings is 1. The third kappa shape index (κ3) is 4.69. The van der Waals surface area contributed by atoms with Gasteiger partial charge in [0.15, 0.2) is 0 Å². The zero-order valence-electron chi connectivity index (χ0n) is 17.1. The number of nitrogens with zero attached hydrogens (tertiary/aromatic N) is 1. The number of nitrogens with two attached hydrogens (primary N) is 1. The van der Waals surface area contributed by atoms with Gasteiger partial charge in [-0.3, -0.25) is 9.59 Å². The van der Waals surface area contributed by atoms with Crippen LogP contribution in [0.15, 0.2) is 47.4 Å². The molecule has 2 aromatic carbocycles. The number of aryl methyl sites for hydroxylation is 1. The van der Waals surface area contributed by atoms with Gasteiger partial charge in [-0.15, -0.1) is 0 Å². The van der Waals surface area contributed by atoms with Gasteiger partial charge in [0, 0.05) is 29.9 Å². The number of carbonyl (C=O) groups is 2. The highest BCUT2D eigenvalue weighted by Gasteiger charge is 2.32. The first-order valence-corrected chi connectivity index (χ1v) is 11.0. The van der Waals surface area contributed by atoms with Gasteiger partial charge in [-0.1, -0.05) is 0 Å². The number of hydrogen-bond donors (Lipinski definition) is 2. The smallest absolute Gasteiger partial charge is 0.255 e. The van der Waals surface area contributed by atoms with E-state index < -0.39 is 21.8 Å². The third-order valence-electron chi connectivity index (χ3n) is 4.89. The zero-order valence-corrected chi connectivity index (χ0v) is 17.9. The molecule has 1 aliphatic heterocycles. The molecule has 3 N–H and O–H groups in total. The van der Waals surface area contributed by atoms with Gasteiger partial charge in [0.05, 0.1) is 17.1 Å². The van der Waals surface area contributed by atoms with Crippen molar-refractivity contribution in [1.82, 2.24) is 4.31 Å². The lowest BCUT2D eigenvalue weighted by atomic mass is 10.1. The van der Waals surface area contributed by atoms with E-state index in [2.05, 4.69) is 5.32 Å². The average Bonchev–Trinajstić information content (AvgIpc) is 2.67. The Morgan fingerprint density at radius 1 is 1.07 bits per heavy atom. The molecule has 0 spiro atoms. The van der Waals surface area contributed by atoms with Gasteiger partial charge in [-0.2, -0.15) is 4.31 Å². The number of amides is 2. The maximum absolute atomic E-state index is 12.9. The summed E-state index contributed by atoms with van der Waals surface area (Å²) < 4.78 is 32.8. The van der Waals surface area contributed by atoms with Crippen LogP contribution in [-0.4, -0.2) is 49.8 Å². The fourth-order valence-corrected chi connectivity index (χ4v) is 5.07. The van der Waals surface area contributed by atoms with Gasteiger partial charge >= 0.3 is 0 Å². The lowest BCUT2D eigenvalue weighted by Gasteiger charge is -2.34. The molecule has 2 unspecified atom stereocenters.